The molecule has 1 amide bonds. The van der Waals surface area contributed by atoms with E-state index < -0.39 is 5.60 Å². The Bertz CT molecular complexity index is 754. The number of aliphatic imine (C=N–C) groups is 1. The second kappa shape index (κ2) is 9.69. The first-order valence-electron chi connectivity index (χ1n) is 11.1. The molecule has 1 saturated heterocycles. The molecule has 2 aliphatic rings. The molecule has 0 aliphatic carbocycles. The molecule has 7 nitrogen and oxygen atoms in total. The summed E-state index contributed by atoms with van der Waals surface area (Å²) in [5.41, 5.74) is 2.14. The Balaban J connectivity index is 1.51. The molecular weight excluding hydrogens is 378 g/mol. The van der Waals surface area contributed by atoms with Crippen LogP contribution in [0.15, 0.2) is 29.3 Å². The number of nitrogens with one attached hydrogen (secondary N) is 1. The Morgan fingerprint density at radius 1 is 1.23 bits per heavy atom. The van der Waals surface area contributed by atoms with Crippen molar-refractivity contribution in [2.45, 2.75) is 59.4 Å². The van der Waals surface area contributed by atoms with E-state index in [1.54, 1.807) is 0 Å². The van der Waals surface area contributed by atoms with Crippen molar-refractivity contribution < 1.29 is 9.53 Å². The van der Waals surface area contributed by atoms with Crippen molar-refractivity contribution in [2.24, 2.45) is 4.99 Å². The lowest BCUT2D eigenvalue weighted by Gasteiger charge is -2.39. The van der Waals surface area contributed by atoms with E-state index in [2.05, 4.69) is 53.2 Å². The van der Waals surface area contributed by atoms with Crippen molar-refractivity contribution in [3.63, 3.8) is 0 Å². The zero-order chi connectivity index (χ0) is 21.7. The number of carbonyl (C=O) groups excluding carboxylic acids is 1. The average Bonchev–Trinajstić information content (AvgIpc) is 3.12. The third kappa shape index (κ3) is 5.88. The fourth-order valence-corrected chi connectivity index (χ4v) is 3.95. The van der Waals surface area contributed by atoms with E-state index in [1.807, 2.05) is 25.7 Å². The van der Waals surface area contributed by atoms with Crippen LogP contribution in [-0.2, 0) is 17.8 Å². The van der Waals surface area contributed by atoms with Gasteiger partial charge in [-0.1, -0.05) is 38.1 Å². The van der Waals surface area contributed by atoms with E-state index >= 15 is 0 Å². The van der Waals surface area contributed by atoms with Gasteiger partial charge in [-0.05, 0) is 45.0 Å². The molecule has 1 aromatic carbocycles. The second-order valence-electron chi connectivity index (χ2n) is 9.07. The third-order valence-electron chi connectivity index (χ3n) is 5.60. The standard InChI is InChI=1S/C23H37N5O2/c1-6-26(7-2)16-19-10-8-9-18(13-19)14-24-21-25-15-20-17-27(11-12-28(20)21)22(29)30-23(3,4)5/h8-10,13,20H,6-7,11-12,14-17H2,1-5H3,(H,24,25). The predicted molar refractivity (Wildman–Crippen MR) is 121 cm³/mol. The highest BCUT2D eigenvalue weighted by Gasteiger charge is 2.36. The summed E-state index contributed by atoms with van der Waals surface area (Å²) in [4.78, 5) is 23.6. The quantitative estimate of drug-likeness (QED) is 0.774. The van der Waals surface area contributed by atoms with Gasteiger partial charge in [0.2, 0.25) is 0 Å². The number of rotatable bonds is 6. The van der Waals surface area contributed by atoms with Gasteiger partial charge in [-0.3, -0.25) is 9.89 Å². The zero-order valence-electron chi connectivity index (χ0n) is 19.1. The van der Waals surface area contributed by atoms with Crippen molar-refractivity contribution in [1.29, 1.82) is 0 Å². The van der Waals surface area contributed by atoms with Crippen molar-refractivity contribution >= 4 is 12.1 Å². The molecule has 3 rings (SSSR count). The average molecular weight is 416 g/mol. The number of nitrogens with zero attached hydrogens (tertiary/aromatic N) is 4. The number of fused-ring (bicyclic) bond motifs is 1. The van der Waals surface area contributed by atoms with Crippen molar-refractivity contribution in [1.82, 2.24) is 20.0 Å². The Kier molecular flexibility index (Phi) is 7.23. The van der Waals surface area contributed by atoms with Crippen molar-refractivity contribution in [3.8, 4) is 0 Å². The Morgan fingerprint density at radius 2 is 1.97 bits per heavy atom. The first-order valence-corrected chi connectivity index (χ1v) is 11.1. The lowest BCUT2D eigenvalue weighted by Crippen LogP contribution is -2.57. The highest BCUT2D eigenvalue weighted by atomic mass is 16.6. The van der Waals surface area contributed by atoms with E-state index in [-0.39, 0.29) is 12.1 Å². The SMILES string of the molecule is CCN(CC)Cc1cccc(CNC2=NCC3CN(C(=O)OC(C)(C)C)CCN23)c1. The van der Waals surface area contributed by atoms with Crippen molar-refractivity contribution in [3.05, 3.63) is 35.4 Å². The van der Waals surface area contributed by atoms with Gasteiger partial charge in [0.1, 0.15) is 5.60 Å². The van der Waals surface area contributed by atoms with Gasteiger partial charge >= 0.3 is 6.09 Å². The topological polar surface area (TPSA) is 60.4 Å². The van der Waals surface area contributed by atoms with Gasteiger partial charge < -0.3 is 19.9 Å². The molecule has 0 radical (unpaired) electrons. The summed E-state index contributed by atoms with van der Waals surface area (Å²) in [5.74, 6) is 0.943. The molecule has 30 heavy (non-hydrogen) atoms. The van der Waals surface area contributed by atoms with Crippen LogP contribution in [0, 0.1) is 0 Å². The molecule has 1 aromatic rings. The molecular formula is C23H37N5O2. The van der Waals surface area contributed by atoms with E-state index in [1.165, 1.54) is 11.1 Å². The maximum absolute atomic E-state index is 12.4. The number of carbonyl (C=O) groups is 1. The minimum atomic E-state index is -0.465. The summed E-state index contributed by atoms with van der Waals surface area (Å²) in [6, 6.07) is 8.99. The summed E-state index contributed by atoms with van der Waals surface area (Å²) >= 11 is 0. The highest BCUT2D eigenvalue weighted by molar-refractivity contribution is 5.82. The number of amides is 1. The van der Waals surface area contributed by atoms with Crippen LogP contribution in [0.5, 0.6) is 0 Å². The van der Waals surface area contributed by atoms with Gasteiger partial charge in [-0.2, -0.15) is 0 Å². The zero-order valence-corrected chi connectivity index (χ0v) is 19.1. The summed E-state index contributed by atoms with van der Waals surface area (Å²) in [6.45, 7) is 16.8. The Morgan fingerprint density at radius 3 is 2.67 bits per heavy atom. The molecule has 1 N–H and O–H groups in total. The molecule has 7 heteroatoms. The summed E-state index contributed by atoms with van der Waals surface area (Å²) in [7, 11) is 0. The molecule has 0 bridgehead atoms. The van der Waals surface area contributed by atoms with Crippen LogP contribution in [0.25, 0.3) is 0 Å². The van der Waals surface area contributed by atoms with Crippen LogP contribution in [0.1, 0.15) is 45.7 Å². The molecule has 1 unspecified atom stereocenters. The molecule has 0 aromatic heterocycles. The van der Waals surface area contributed by atoms with Crippen LogP contribution < -0.4 is 5.32 Å². The minimum absolute atomic E-state index is 0.225. The molecule has 1 fully saturated rings. The normalized spacial score (nSPS) is 19.0. The van der Waals surface area contributed by atoms with E-state index in [9.17, 15) is 4.79 Å². The Hall–Kier alpha value is -2.28. The smallest absolute Gasteiger partial charge is 0.410 e. The van der Waals surface area contributed by atoms with Gasteiger partial charge in [-0.25, -0.2) is 4.79 Å². The number of hydrogen-bond donors (Lipinski definition) is 1. The predicted octanol–water partition coefficient (Wildman–Crippen LogP) is 2.91. The van der Waals surface area contributed by atoms with E-state index in [4.69, 9.17) is 9.73 Å². The van der Waals surface area contributed by atoms with Gasteiger partial charge in [0.15, 0.2) is 5.96 Å². The fraction of sp³-hybridized carbons (Fsp3) is 0.652. The van der Waals surface area contributed by atoms with Gasteiger partial charge in [0, 0.05) is 32.7 Å². The highest BCUT2D eigenvalue weighted by Crippen LogP contribution is 2.19. The maximum atomic E-state index is 12.4. The molecule has 0 spiro atoms. The molecule has 1 atom stereocenters. The molecule has 166 valence electrons. The first-order chi connectivity index (χ1) is 14.3. The van der Waals surface area contributed by atoms with Crippen LogP contribution >= 0.6 is 0 Å². The summed E-state index contributed by atoms with van der Waals surface area (Å²) in [5, 5.41) is 3.52. The van der Waals surface area contributed by atoms with Gasteiger partial charge in [0.05, 0.1) is 12.6 Å². The first kappa shape index (κ1) is 22.4. The van der Waals surface area contributed by atoms with E-state index in [0.717, 1.165) is 38.7 Å². The fourth-order valence-electron chi connectivity index (χ4n) is 3.95. The van der Waals surface area contributed by atoms with Crippen LogP contribution in [0.3, 0.4) is 0 Å². The number of guanidine groups is 1. The Labute approximate surface area is 181 Å². The largest absolute Gasteiger partial charge is 0.444 e. The van der Waals surface area contributed by atoms with Gasteiger partial charge in [-0.15, -0.1) is 0 Å². The second-order valence-corrected chi connectivity index (χ2v) is 9.07. The van der Waals surface area contributed by atoms with E-state index in [0.29, 0.717) is 19.6 Å². The minimum Gasteiger partial charge on any atom is -0.444 e. The molecule has 2 aliphatic heterocycles. The van der Waals surface area contributed by atoms with Crippen molar-refractivity contribution in [2.75, 3.05) is 39.3 Å². The third-order valence-corrected chi connectivity index (χ3v) is 5.60. The van der Waals surface area contributed by atoms with Crippen LogP contribution in [-0.4, -0.2) is 77.7 Å². The van der Waals surface area contributed by atoms with Crippen LogP contribution in [0.2, 0.25) is 0 Å². The monoisotopic (exact) mass is 415 g/mol. The number of benzene rings is 1. The summed E-state index contributed by atoms with van der Waals surface area (Å²) in [6.07, 6.45) is -0.228. The number of ether oxygens (including phenoxy) is 1. The van der Waals surface area contributed by atoms with Gasteiger partial charge in [0.25, 0.3) is 0 Å². The molecule has 0 saturated carbocycles. The van der Waals surface area contributed by atoms with Crippen LogP contribution in [0.4, 0.5) is 4.79 Å². The number of hydrogen-bond acceptors (Lipinski definition) is 6. The lowest BCUT2D eigenvalue weighted by atomic mass is 10.1. The lowest BCUT2D eigenvalue weighted by molar-refractivity contribution is 0.0137. The maximum Gasteiger partial charge on any atom is 0.410 e. The number of piperazine rings is 1. The summed E-state index contributed by atoms with van der Waals surface area (Å²) < 4.78 is 5.52. The molecule has 2 heterocycles.